The van der Waals surface area contributed by atoms with Gasteiger partial charge in [0.25, 0.3) is 0 Å². The number of thiazole rings is 1. The summed E-state index contributed by atoms with van der Waals surface area (Å²) in [5, 5.41) is 0.889. The van der Waals surface area contributed by atoms with Gasteiger partial charge in [0.05, 0.1) is 23.8 Å². The van der Waals surface area contributed by atoms with Crippen LogP contribution in [-0.2, 0) is 15.9 Å². The van der Waals surface area contributed by atoms with Gasteiger partial charge in [-0.15, -0.1) is 0 Å². The van der Waals surface area contributed by atoms with Gasteiger partial charge in [-0.3, -0.25) is 4.79 Å². The normalized spacial score (nSPS) is 10.8. The van der Waals surface area contributed by atoms with Crippen LogP contribution in [0, 0.1) is 0 Å². The van der Waals surface area contributed by atoms with Gasteiger partial charge >= 0.3 is 0 Å². The van der Waals surface area contributed by atoms with Crippen molar-refractivity contribution in [3.05, 3.63) is 10.6 Å². The summed E-state index contributed by atoms with van der Waals surface area (Å²) >= 11 is 1.46. The van der Waals surface area contributed by atoms with Gasteiger partial charge in [0.2, 0.25) is 0 Å². The third-order valence-electron chi connectivity index (χ3n) is 3.00. The van der Waals surface area contributed by atoms with Gasteiger partial charge in [-0.2, -0.15) is 0 Å². The van der Waals surface area contributed by atoms with Gasteiger partial charge < -0.3 is 14.4 Å². The summed E-state index contributed by atoms with van der Waals surface area (Å²) in [6.07, 6.45) is 2.74. The molecule has 0 saturated heterocycles. The maximum absolute atomic E-state index is 11.2. The van der Waals surface area contributed by atoms with E-state index in [4.69, 9.17) is 9.47 Å². The fourth-order valence-corrected chi connectivity index (χ4v) is 2.91. The number of rotatable bonds is 12. The number of ether oxygens (including phenoxy) is 2. The lowest BCUT2D eigenvalue weighted by molar-refractivity contribution is 0.112. The smallest absolute Gasteiger partial charge is 0.186 e. The first-order valence-corrected chi connectivity index (χ1v) is 8.43. The summed E-state index contributed by atoms with van der Waals surface area (Å²) in [5.74, 6) is 0. The molecule has 0 fully saturated rings. The van der Waals surface area contributed by atoms with Gasteiger partial charge in [0, 0.05) is 26.3 Å². The van der Waals surface area contributed by atoms with Gasteiger partial charge in [-0.05, 0) is 20.3 Å². The average Bonchev–Trinajstić information content (AvgIpc) is 2.89. The predicted octanol–water partition coefficient (Wildman–Crippen LogP) is 2.79. The van der Waals surface area contributed by atoms with Crippen molar-refractivity contribution in [2.45, 2.75) is 33.6 Å². The second-order valence-electron chi connectivity index (χ2n) is 4.56. The molecule has 0 atom stereocenters. The van der Waals surface area contributed by atoms with Gasteiger partial charge in [-0.1, -0.05) is 24.7 Å². The van der Waals surface area contributed by atoms with Crippen LogP contribution >= 0.6 is 11.3 Å². The van der Waals surface area contributed by atoms with E-state index in [1.54, 1.807) is 0 Å². The molecule has 0 amide bonds. The number of aldehydes is 1. The van der Waals surface area contributed by atoms with Crippen LogP contribution in [0.4, 0.5) is 5.13 Å². The molecule has 0 aliphatic carbocycles. The van der Waals surface area contributed by atoms with E-state index in [2.05, 4.69) is 16.8 Å². The molecule has 0 aromatic carbocycles. The van der Waals surface area contributed by atoms with E-state index < -0.39 is 0 Å². The van der Waals surface area contributed by atoms with Crippen molar-refractivity contribution in [3.8, 4) is 0 Å². The largest absolute Gasteiger partial charge is 0.380 e. The Kier molecular flexibility index (Phi) is 9.21. The monoisotopic (exact) mass is 314 g/mol. The van der Waals surface area contributed by atoms with Crippen molar-refractivity contribution in [2.75, 3.05) is 44.4 Å². The Hall–Kier alpha value is -0.980. The Balaban J connectivity index is 2.76. The lowest BCUT2D eigenvalue weighted by atomic mass is 10.2. The fourth-order valence-electron chi connectivity index (χ4n) is 1.94. The zero-order chi connectivity index (χ0) is 15.5. The predicted molar refractivity (Wildman–Crippen MR) is 86.7 cm³/mol. The van der Waals surface area contributed by atoms with Crippen LogP contribution in [0.25, 0.3) is 0 Å². The Morgan fingerprint density at radius 3 is 2.24 bits per heavy atom. The number of aromatic nitrogens is 1. The molecule has 6 heteroatoms. The highest BCUT2D eigenvalue weighted by Crippen LogP contribution is 2.26. The quantitative estimate of drug-likeness (QED) is 0.438. The van der Waals surface area contributed by atoms with Gasteiger partial charge in [-0.25, -0.2) is 4.98 Å². The van der Waals surface area contributed by atoms with E-state index in [0.717, 1.165) is 47.9 Å². The van der Waals surface area contributed by atoms with Crippen molar-refractivity contribution in [2.24, 2.45) is 0 Å². The number of aryl methyl sites for hydroxylation is 1. The highest BCUT2D eigenvalue weighted by molar-refractivity contribution is 7.17. The van der Waals surface area contributed by atoms with E-state index in [-0.39, 0.29) is 0 Å². The Morgan fingerprint density at radius 2 is 1.76 bits per heavy atom. The molecule has 0 aliphatic rings. The first-order chi connectivity index (χ1) is 10.3. The molecule has 0 saturated carbocycles. The molecular weight excluding hydrogens is 288 g/mol. The summed E-state index contributed by atoms with van der Waals surface area (Å²) in [6.45, 7) is 10.3. The molecule has 0 spiro atoms. The van der Waals surface area contributed by atoms with Crippen molar-refractivity contribution in [1.29, 1.82) is 0 Å². The molecule has 1 aromatic heterocycles. The number of anilines is 1. The molecule has 0 aliphatic heterocycles. The minimum Gasteiger partial charge on any atom is -0.380 e. The highest BCUT2D eigenvalue weighted by atomic mass is 32.1. The molecule has 1 rings (SSSR count). The van der Waals surface area contributed by atoms with E-state index in [0.29, 0.717) is 26.4 Å². The minimum absolute atomic E-state index is 0.655. The number of carbonyl (C=O) groups excluding carboxylic acids is 1. The highest BCUT2D eigenvalue weighted by Gasteiger charge is 2.15. The average molecular weight is 314 g/mol. The molecule has 1 aromatic rings. The summed E-state index contributed by atoms with van der Waals surface area (Å²) in [4.78, 5) is 18.7. The SMILES string of the molecule is CCCc1nc(N(CCOCC)CCOCC)sc1C=O. The molecule has 0 N–H and O–H groups in total. The minimum atomic E-state index is 0.655. The van der Waals surface area contributed by atoms with Crippen LogP contribution in [-0.4, -0.2) is 50.8 Å². The summed E-state index contributed by atoms with van der Waals surface area (Å²) < 4.78 is 10.9. The number of hydrogen-bond acceptors (Lipinski definition) is 6. The number of hydrogen-bond donors (Lipinski definition) is 0. The van der Waals surface area contributed by atoms with Crippen LogP contribution in [0.3, 0.4) is 0 Å². The molecule has 1 heterocycles. The van der Waals surface area contributed by atoms with E-state index in [9.17, 15) is 4.79 Å². The zero-order valence-corrected chi connectivity index (χ0v) is 14.1. The molecule has 0 unspecified atom stereocenters. The molecule has 5 nitrogen and oxygen atoms in total. The third kappa shape index (κ3) is 6.11. The Morgan fingerprint density at radius 1 is 1.14 bits per heavy atom. The maximum Gasteiger partial charge on any atom is 0.186 e. The summed E-state index contributed by atoms with van der Waals surface area (Å²) in [6, 6.07) is 0. The van der Waals surface area contributed by atoms with E-state index in [1.807, 2.05) is 13.8 Å². The van der Waals surface area contributed by atoms with Crippen molar-refractivity contribution in [3.63, 3.8) is 0 Å². The fraction of sp³-hybridized carbons (Fsp3) is 0.733. The second kappa shape index (κ2) is 10.7. The summed E-state index contributed by atoms with van der Waals surface area (Å²) in [5.41, 5.74) is 0.908. The molecule has 0 radical (unpaired) electrons. The Labute approximate surface area is 131 Å². The topological polar surface area (TPSA) is 51.7 Å². The van der Waals surface area contributed by atoms with Crippen LogP contribution in [0.5, 0.6) is 0 Å². The number of nitrogens with zero attached hydrogens (tertiary/aromatic N) is 2. The molecule has 120 valence electrons. The van der Waals surface area contributed by atoms with Gasteiger partial charge in [0.15, 0.2) is 11.4 Å². The maximum atomic E-state index is 11.2. The van der Waals surface area contributed by atoms with Crippen LogP contribution < -0.4 is 4.90 Å². The Bertz CT molecular complexity index is 400. The van der Waals surface area contributed by atoms with Crippen molar-refractivity contribution < 1.29 is 14.3 Å². The first-order valence-electron chi connectivity index (χ1n) is 7.62. The molecule has 21 heavy (non-hydrogen) atoms. The first kappa shape index (κ1) is 18.1. The summed E-state index contributed by atoms with van der Waals surface area (Å²) in [7, 11) is 0. The molecular formula is C15H26N2O3S. The van der Waals surface area contributed by atoms with Crippen LogP contribution in [0.15, 0.2) is 0 Å². The molecule has 0 bridgehead atoms. The number of carbonyl (C=O) groups is 1. The second-order valence-corrected chi connectivity index (χ2v) is 5.57. The van der Waals surface area contributed by atoms with E-state index in [1.165, 1.54) is 11.3 Å². The lowest BCUT2D eigenvalue weighted by Crippen LogP contribution is -2.31. The zero-order valence-electron chi connectivity index (χ0n) is 13.3. The van der Waals surface area contributed by atoms with Crippen molar-refractivity contribution in [1.82, 2.24) is 4.98 Å². The van der Waals surface area contributed by atoms with E-state index >= 15 is 0 Å². The van der Waals surface area contributed by atoms with Crippen LogP contribution in [0.1, 0.15) is 42.6 Å². The standard InChI is InChI=1S/C15H26N2O3S/c1-4-7-13-14(12-18)21-15(16-13)17(8-10-19-5-2)9-11-20-6-3/h12H,4-11H2,1-3H3. The third-order valence-corrected chi connectivity index (χ3v) is 4.08. The van der Waals surface area contributed by atoms with Crippen LogP contribution in [0.2, 0.25) is 0 Å². The van der Waals surface area contributed by atoms with Crippen molar-refractivity contribution >= 4 is 22.8 Å². The van der Waals surface area contributed by atoms with Gasteiger partial charge in [0.1, 0.15) is 0 Å². The lowest BCUT2D eigenvalue weighted by Gasteiger charge is -2.21.